The third-order valence-electron chi connectivity index (χ3n) is 7.52. The number of furan rings is 1. The summed E-state index contributed by atoms with van der Waals surface area (Å²) in [7, 11) is 0. The molecule has 0 aliphatic rings. The molecule has 8 aromatic rings. The van der Waals surface area contributed by atoms with E-state index in [4.69, 9.17) is 14.4 Å². The van der Waals surface area contributed by atoms with Crippen LogP contribution in [0.2, 0.25) is 0 Å². The Kier molecular flexibility index (Phi) is 5.10. The molecule has 4 nitrogen and oxygen atoms in total. The van der Waals surface area contributed by atoms with Gasteiger partial charge in [-0.25, -0.2) is 9.97 Å². The van der Waals surface area contributed by atoms with E-state index in [1.165, 1.54) is 11.1 Å². The minimum Gasteiger partial charge on any atom is -0.464 e. The molecule has 3 heterocycles. The summed E-state index contributed by atoms with van der Waals surface area (Å²) in [5.41, 5.74) is 8.25. The van der Waals surface area contributed by atoms with Crippen LogP contribution in [-0.2, 0) is 0 Å². The van der Waals surface area contributed by atoms with Crippen LogP contribution in [0.5, 0.6) is 0 Å². The van der Waals surface area contributed by atoms with Gasteiger partial charge in [0.1, 0.15) is 11.4 Å². The van der Waals surface area contributed by atoms with Crippen LogP contribution in [0, 0.1) is 0 Å². The number of rotatable bonds is 4. The number of fused-ring (bicyclic) bond motifs is 5. The van der Waals surface area contributed by atoms with Gasteiger partial charge in [0.15, 0.2) is 5.82 Å². The Morgan fingerprint density at radius 3 is 2.00 bits per heavy atom. The van der Waals surface area contributed by atoms with E-state index in [-0.39, 0.29) is 0 Å². The Morgan fingerprint density at radius 1 is 0.525 bits per heavy atom. The Morgan fingerprint density at radius 2 is 1.20 bits per heavy atom. The van der Waals surface area contributed by atoms with Gasteiger partial charge in [0.2, 0.25) is 0 Å². The van der Waals surface area contributed by atoms with E-state index in [9.17, 15) is 0 Å². The highest BCUT2D eigenvalue weighted by atomic mass is 16.3. The molecule has 8 rings (SSSR count). The third-order valence-corrected chi connectivity index (χ3v) is 7.52. The van der Waals surface area contributed by atoms with E-state index >= 15 is 0 Å². The third kappa shape index (κ3) is 3.62. The normalized spacial score (nSPS) is 11.5. The lowest BCUT2D eigenvalue weighted by Crippen LogP contribution is -2.02. The van der Waals surface area contributed by atoms with Crippen molar-refractivity contribution in [1.82, 2.24) is 14.5 Å². The smallest absolute Gasteiger partial charge is 0.162 e. The number of para-hydroxylation sites is 1. The first kappa shape index (κ1) is 22.5. The van der Waals surface area contributed by atoms with Crippen molar-refractivity contribution in [3.63, 3.8) is 0 Å². The Hall–Kier alpha value is -5.48. The molecule has 0 radical (unpaired) electrons. The number of benzene rings is 5. The van der Waals surface area contributed by atoms with Gasteiger partial charge in [-0.1, -0.05) is 103 Å². The van der Waals surface area contributed by atoms with Crippen molar-refractivity contribution in [2.24, 2.45) is 0 Å². The molecule has 0 atom stereocenters. The summed E-state index contributed by atoms with van der Waals surface area (Å²) < 4.78 is 8.20. The molecule has 0 bridgehead atoms. The highest BCUT2D eigenvalue weighted by Gasteiger charge is 2.19. The molecule has 0 saturated heterocycles. The predicted octanol–water partition coefficient (Wildman–Crippen LogP) is 9.32. The molecule has 0 aliphatic carbocycles. The van der Waals surface area contributed by atoms with Crippen molar-refractivity contribution in [2.45, 2.75) is 0 Å². The SMILES string of the molecule is c1ccc(-c2ccc(-c3cc(-n4c5ccccc5c5c6occc6ccc54)nc(-c4ccccc4)n3)cc2)cc1. The molecule has 0 unspecified atom stereocenters. The van der Waals surface area contributed by atoms with E-state index in [0.29, 0.717) is 5.82 Å². The van der Waals surface area contributed by atoms with Crippen molar-refractivity contribution in [1.29, 1.82) is 0 Å². The van der Waals surface area contributed by atoms with Crippen molar-refractivity contribution in [3.8, 4) is 39.6 Å². The van der Waals surface area contributed by atoms with E-state index in [1.54, 1.807) is 6.26 Å². The van der Waals surface area contributed by atoms with E-state index < -0.39 is 0 Å². The quantitative estimate of drug-likeness (QED) is 0.235. The molecule has 40 heavy (non-hydrogen) atoms. The minimum absolute atomic E-state index is 0.685. The highest BCUT2D eigenvalue weighted by Crippen LogP contribution is 2.37. The second-order valence-corrected chi connectivity index (χ2v) is 9.90. The maximum atomic E-state index is 5.98. The second-order valence-electron chi connectivity index (χ2n) is 9.90. The van der Waals surface area contributed by atoms with Crippen LogP contribution in [0.15, 0.2) is 144 Å². The maximum Gasteiger partial charge on any atom is 0.162 e. The molecule has 3 aromatic heterocycles. The molecular formula is C36H23N3O. The van der Waals surface area contributed by atoms with Gasteiger partial charge in [0.25, 0.3) is 0 Å². The van der Waals surface area contributed by atoms with E-state index in [2.05, 4.69) is 108 Å². The molecule has 0 aliphatic heterocycles. The standard InChI is InChI=1S/C36H23N3O/c1-3-9-24(10-4-1)25-15-17-26(18-16-25)30-23-33(38-36(37-30)28-11-5-2-6-12-28)39-31-14-8-7-13-29(31)34-32(39)20-19-27-21-22-40-35(27)34/h1-23H. The number of hydrogen-bond acceptors (Lipinski definition) is 3. The zero-order valence-corrected chi connectivity index (χ0v) is 21.5. The fourth-order valence-corrected chi connectivity index (χ4v) is 5.60. The van der Waals surface area contributed by atoms with Crippen LogP contribution in [-0.4, -0.2) is 14.5 Å². The Labute approximate surface area is 230 Å². The van der Waals surface area contributed by atoms with Gasteiger partial charge in [0, 0.05) is 28.0 Å². The average Bonchev–Trinajstić information content (AvgIpc) is 3.64. The van der Waals surface area contributed by atoms with Gasteiger partial charge >= 0.3 is 0 Å². The van der Waals surface area contributed by atoms with Crippen LogP contribution in [0.4, 0.5) is 0 Å². The molecule has 0 spiro atoms. The van der Waals surface area contributed by atoms with Gasteiger partial charge in [-0.15, -0.1) is 0 Å². The Balaban J connectivity index is 1.38. The minimum atomic E-state index is 0.685. The van der Waals surface area contributed by atoms with Gasteiger partial charge in [0.05, 0.1) is 28.4 Å². The lowest BCUT2D eigenvalue weighted by atomic mass is 10.0. The summed E-state index contributed by atoms with van der Waals surface area (Å²) >= 11 is 0. The van der Waals surface area contributed by atoms with Gasteiger partial charge in [-0.05, 0) is 35.4 Å². The van der Waals surface area contributed by atoms with E-state index in [1.807, 2.05) is 30.3 Å². The topological polar surface area (TPSA) is 43.9 Å². The molecule has 4 heteroatoms. The first-order valence-electron chi connectivity index (χ1n) is 13.3. The van der Waals surface area contributed by atoms with Crippen molar-refractivity contribution in [2.75, 3.05) is 0 Å². The van der Waals surface area contributed by atoms with Crippen LogP contribution < -0.4 is 0 Å². The van der Waals surface area contributed by atoms with Crippen molar-refractivity contribution in [3.05, 3.63) is 140 Å². The summed E-state index contributed by atoms with van der Waals surface area (Å²) in [5, 5.41) is 3.31. The summed E-state index contributed by atoms with van der Waals surface area (Å²) in [6.45, 7) is 0. The van der Waals surface area contributed by atoms with Crippen molar-refractivity contribution >= 4 is 32.8 Å². The molecular weight excluding hydrogens is 490 g/mol. The Bertz CT molecular complexity index is 2140. The number of aromatic nitrogens is 3. The summed E-state index contributed by atoms with van der Waals surface area (Å²) in [4.78, 5) is 10.2. The average molecular weight is 514 g/mol. The van der Waals surface area contributed by atoms with Crippen molar-refractivity contribution < 1.29 is 4.42 Å². The van der Waals surface area contributed by atoms with Crippen LogP contribution in [0.1, 0.15) is 0 Å². The first-order valence-corrected chi connectivity index (χ1v) is 13.3. The van der Waals surface area contributed by atoms with Gasteiger partial charge in [-0.2, -0.15) is 0 Å². The maximum absolute atomic E-state index is 5.98. The van der Waals surface area contributed by atoms with Crippen LogP contribution in [0.3, 0.4) is 0 Å². The fraction of sp³-hybridized carbons (Fsp3) is 0. The van der Waals surface area contributed by atoms with Gasteiger partial charge < -0.3 is 4.42 Å². The molecule has 0 fully saturated rings. The summed E-state index contributed by atoms with van der Waals surface area (Å²) in [6.07, 6.45) is 1.76. The predicted molar refractivity (Wildman–Crippen MR) is 162 cm³/mol. The number of hydrogen-bond donors (Lipinski definition) is 0. The largest absolute Gasteiger partial charge is 0.464 e. The second kappa shape index (κ2) is 9.07. The van der Waals surface area contributed by atoms with Crippen LogP contribution in [0.25, 0.3) is 72.4 Å². The fourth-order valence-electron chi connectivity index (χ4n) is 5.60. The van der Waals surface area contributed by atoms with Gasteiger partial charge in [-0.3, -0.25) is 4.57 Å². The first-order chi connectivity index (χ1) is 19.8. The summed E-state index contributed by atoms with van der Waals surface area (Å²) in [5.74, 6) is 1.50. The summed E-state index contributed by atoms with van der Waals surface area (Å²) in [6, 6.07) is 46.0. The molecule has 0 N–H and O–H groups in total. The molecule has 0 saturated carbocycles. The zero-order valence-electron chi connectivity index (χ0n) is 21.5. The lowest BCUT2D eigenvalue weighted by molar-refractivity contribution is 0.619. The van der Waals surface area contributed by atoms with E-state index in [0.717, 1.165) is 55.4 Å². The van der Waals surface area contributed by atoms with Crippen LogP contribution >= 0.6 is 0 Å². The number of nitrogens with zero attached hydrogens (tertiary/aromatic N) is 3. The molecule has 5 aromatic carbocycles. The molecule has 0 amide bonds. The zero-order chi connectivity index (χ0) is 26.5. The lowest BCUT2D eigenvalue weighted by Gasteiger charge is -2.12. The monoisotopic (exact) mass is 513 g/mol. The highest BCUT2D eigenvalue weighted by molar-refractivity contribution is 6.19. The molecule has 188 valence electrons.